The smallest absolute Gasteiger partial charge is 0.333 e. The third-order valence-electron chi connectivity index (χ3n) is 5.58. The van der Waals surface area contributed by atoms with E-state index in [2.05, 4.69) is 25.9 Å². The number of carbonyl (C=O) groups is 4. The lowest BCUT2D eigenvalue weighted by Gasteiger charge is -2.42. The Labute approximate surface area is 198 Å². The van der Waals surface area contributed by atoms with Gasteiger partial charge in [0.2, 0.25) is 12.4 Å². The van der Waals surface area contributed by atoms with E-state index in [9.17, 15) is 34.2 Å². The topological polar surface area (TPSA) is 220 Å². The molecule has 1 aliphatic rings. The van der Waals surface area contributed by atoms with Gasteiger partial charge in [-0.05, 0) is 30.7 Å². The van der Waals surface area contributed by atoms with Gasteiger partial charge in [-0.1, -0.05) is 13.3 Å². The van der Waals surface area contributed by atoms with Crippen LogP contribution in [0.1, 0.15) is 30.1 Å². The Morgan fingerprint density at radius 1 is 1.29 bits per heavy atom. The molecule has 0 bridgehead atoms. The van der Waals surface area contributed by atoms with Crippen molar-refractivity contribution in [2.45, 2.75) is 31.3 Å². The maximum Gasteiger partial charge on any atom is 0.333 e. The molecule has 0 fully saturated rings. The molecule has 8 N–H and O–H groups in total. The van der Waals surface area contributed by atoms with Gasteiger partial charge in [-0.15, -0.1) is 0 Å². The number of aliphatic carboxylic acids is 2. The van der Waals surface area contributed by atoms with Crippen LogP contribution in [0.5, 0.6) is 0 Å². The van der Waals surface area contributed by atoms with Crippen molar-refractivity contribution in [2.75, 3.05) is 34.4 Å². The van der Waals surface area contributed by atoms with Crippen molar-refractivity contribution < 1.29 is 29.4 Å². The van der Waals surface area contributed by atoms with Crippen LogP contribution in [0.25, 0.3) is 0 Å². The molecular weight excluding hydrogens is 462 g/mol. The van der Waals surface area contributed by atoms with Crippen LogP contribution in [0, 0.1) is 0 Å². The summed E-state index contributed by atoms with van der Waals surface area (Å²) in [5.74, 6) is -3.28. The molecule has 186 valence electrons. The first-order chi connectivity index (χ1) is 16.6. The molecule has 0 spiro atoms. The number of nitrogen functional groups attached to an aromatic ring is 1. The first-order valence-electron chi connectivity index (χ1n) is 10.6. The molecule has 2 heterocycles. The number of nitrogens with two attached hydrogens (primary N) is 1. The highest BCUT2D eigenvalue weighted by Crippen LogP contribution is 2.32. The van der Waals surface area contributed by atoms with E-state index in [1.165, 1.54) is 24.3 Å². The summed E-state index contributed by atoms with van der Waals surface area (Å²) >= 11 is 0. The molecule has 35 heavy (non-hydrogen) atoms. The van der Waals surface area contributed by atoms with Crippen molar-refractivity contribution in [1.82, 2.24) is 15.3 Å². The lowest BCUT2D eigenvalue weighted by Crippen LogP contribution is -2.66. The van der Waals surface area contributed by atoms with Crippen molar-refractivity contribution in [3.8, 4) is 0 Å². The maximum absolute atomic E-state index is 12.4. The van der Waals surface area contributed by atoms with E-state index in [1.54, 1.807) is 6.92 Å². The van der Waals surface area contributed by atoms with Gasteiger partial charge >= 0.3 is 11.9 Å². The summed E-state index contributed by atoms with van der Waals surface area (Å²) in [6.07, 6.45) is 1.11. The van der Waals surface area contributed by atoms with Crippen LogP contribution < -0.4 is 32.1 Å². The van der Waals surface area contributed by atoms with E-state index < -0.39 is 35.0 Å². The molecule has 2 amide bonds. The molecule has 2 unspecified atom stereocenters. The summed E-state index contributed by atoms with van der Waals surface area (Å²) in [5.41, 5.74) is 3.21. The number of nitrogens with zero attached hydrogens (tertiary/aromatic N) is 2. The third-order valence-corrected chi connectivity index (χ3v) is 5.58. The molecule has 1 aromatic carbocycles. The minimum atomic E-state index is -1.88. The van der Waals surface area contributed by atoms with Crippen LogP contribution in [0.2, 0.25) is 0 Å². The van der Waals surface area contributed by atoms with Gasteiger partial charge in [0.05, 0.1) is 13.1 Å². The molecule has 3 rings (SSSR count). The highest BCUT2D eigenvalue weighted by molar-refractivity contribution is 5.98. The Morgan fingerprint density at radius 2 is 1.97 bits per heavy atom. The van der Waals surface area contributed by atoms with Crippen molar-refractivity contribution >= 4 is 47.4 Å². The first-order valence-corrected chi connectivity index (χ1v) is 10.6. The Morgan fingerprint density at radius 3 is 2.54 bits per heavy atom. The van der Waals surface area contributed by atoms with Crippen LogP contribution in [0.15, 0.2) is 29.1 Å². The van der Waals surface area contributed by atoms with Crippen LogP contribution in [-0.2, 0) is 14.4 Å². The summed E-state index contributed by atoms with van der Waals surface area (Å²) in [4.78, 5) is 67.1. The van der Waals surface area contributed by atoms with Crippen LogP contribution in [-0.4, -0.2) is 69.1 Å². The van der Waals surface area contributed by atoms with Crippen molar-refractivity contribution in [3.63, 3.8) is 0 Å². The average molecular weight is 487 g/mol. The molecule has 0 saturated carbocycles. The number of H-pyrrole nitrogens is 1. The number of amides is 2. The fourth-order valence-corrected chi connectivity index (χ4v) is 3.69. The fourth-order valence-electron chi connectivity index (χ4n) is 3.69. The third kappa shape index (κ3) is 5.00. The molecule has 0 saturated heterocycles. The van der Waals surface area contributed by atoms with E-state index in [0.717, 1.165) is 4.90 Å². The lowest BCUT2D eigenvalue weighted by atomic mass is 9.94. The zero-order valence-corrected chi connectivity index (χ0v) is 18.7. The Kier molecular flexibility index (Phi) is 7.22. The minimum absolute atomic E-state index is 0.0201. The lowest BCUT2D eigenvalue weighted by molar-refractivity contribution is -0.143. The first kappa shape index (κ1) is 25.0. The van der Waals surface area contributed by atoms with Crippen molar-refractivity contribution in [3.05, 3.63) is 40.2 Å². The molecule has 0 radical (unpaired) electrons. The van der Waals surface area contributed by atoms with Gasteiger partial charge in [-0.3, -0.25) is 24.3 Å². The number of hydrogen-bond acceptors (Lipinski definition) is 9. The highest BCUT2D eigenvalue weighted by Gasteiger charge is 2.49. The summed E-state index contributed by atoms with van der Waals surface area (Å²) < 4.78 is 0. The van der Waals surface area contributed by atoms with Crippen LogP contribution in [0.4, 0.5) is 23.1 Å². The number of fused-ring (bicyclic) bond motifs is 1. The summed E-state index contributed by atoms with van der Waals surface area (Å²) in [5, 5.41) is 27.3. The number of rotatable bonds is 10. The van der Waals surface area contributed by atoms with Crippen molar-refractivity contribution in [1.29, 1.82) is 0 Å². The van der Waals surface area contributed by atoms with Gasteiger partial charge in [0.25, 0.3) is 11.5 Å². The number of carboxylic acids is 2. The second kappa shape index (κ2) is 10.1. The normalized spacial score (nSPS) is 17.5. The van der Waals surface area contributed by atoms with E-state index in [1.807, 2.05) is 0 Å². The van der Waals surface area contributed by atoms with Crippen molar-refractivity contribution in [2.24, 2.45) is 0 Å². The van der Waals surface area contributed by atoms with E-state index in [0.29, 0.717) is 12.1 Å². The Hall–Kier alpha value is -4.62. The number of carbonyl (C=O) groups excluding carboxylic acids is 2. The predicted octanol–water partition coefficient (Wildman–Crippen LogP) is -0.341. The average Bonchev–Trinajstić information content (AvgIpc) is 2.82. The standard InChI is InChI=1S/C21H25N7O7/c1-2-3-13(18(32)33)25-16(30)11-4-6-12(7-5-11)23-8-21(19(34)35)9-24-15-14(28(21)10-29)17(31)27-20(22)26-15/h4-7,10,13,23H,2-3,8-9H2,1H3,(H,25,30)(H,32,33)(H,34,35)(H4,22,24,26,27,31). The van der Waals surface area contributed by atoms with Gasteiger partial charge in [-0.2, -0.15) is 4.98 Å². The zero-order valence-electron chi connectivity index (χ0n) is 18.7. The summed E-state index contributed by atoms with van der Waals surface area (Å²) in [6.45, 7) is 1.23. The maximum atomic E-state index is 12.4. The van der Waals surface area contributed by atoms with Gasteiger partial charge < -0.3 is 31.9 Å². The fraction of sp³-hybridized carbons (Fsp3) is 0.333. The Balaban J connectivity index is 1.79. The van der Waals surface area contributed by atoms with Gasteiger partial charge in [0.1, 0.15) is 6.04 Å². The second-order valence-corrected chi connectivity index (χ2v) is 7.90. The predicted molar refractivity (Wildman–Crippen MR) is 125 cm³/mol. The highest BCUT2D eigenvalue weighted by atomic mass is 16.4. The van der Waals surface area contributed by atoms with Gasteiger partial charge in [0.15, 0.2) is 17.0 Å². The number of nitrogens with one attached hydrogen (secondary N) is 4. The van der Waals surface area contributed by atoms with E-state index >= 15 is 0 Å². The van der Waals surface area contributed by atoms with Gasteiger partial charge in [-0.25, -0.2) is 9.59 Å². The largest absolute Gasteiger partial charge is 0.480 e. The molecule has 2 atom stereocenters. The van der Waals surface area contributed by atoms with Crippen LogP contribution >= 0.6 is 0 Å². The van der Waals surface area contributed by atoms with E-state index in [-0.39, 0.29) is 48.9 Å². The number of aromatic nitrogens is 2. The van der Waals surface area contributed by atoms with Gasteiger partial charge in [0, 0.05) is 11.3 Å². The number of carboxylic acid groups (broad SMARTS) is 2. The summed E-state index contributed by atoms with van der Waals surface area (Å²) in [7, 11) is 0. The molecule has 2 aromatic rings. The molecular formula is C21H25N7O7. The monoisotopic (exact) mass is 487 g/mol. The number of anilines is 4. The summed E-state index contributed by atoms with van der Waals surface area (Å²) in [6, 6.07) is 4.89. The quantitative estimate of drug-likeness (QED) is 0.215. The van der Waals surface area contributed by atoms with Crippen LogP contribution in [0.3, 0.4) is 0 Å². The molecule has 14 nitrogen and oxygen atoms in total. The Bertz CT molecular complexity index is 1200. The molecule has 1 aromatic heterocycles. The SMILES string of the molecule is CCCC(NC(=O)c1ccc(NCC2(C(=O)O)CNc3nc(N)[nH]c(=O)c3N2C=O)cc1)C(=O)O. The number of benzene rings is 1. The molecule has 0 aliphatic carbocycles. The number of hydrogen-bond donors (Lipinski definition) is 7. The molecule has 14 heteroatoms. The second-order valence-electron chi connectivity index (χ2n) is 7.90. The zero-order chi connectivity index (χ0) is 25.8. The van der Waals surface area contributed by atoms with E-state index in [4.69, 9.17) is 5.73 Å². The minimum Gasteiger partial charge on any atom is -0.480 e. The molecule has 1 aliphatic heterocycles. The number of aromatic amines is 1.